The largest absolute Gasteiger partial charge is 0.339 e. The molecule has 1 heterocycles. The van der Waals surface area contributed by atoms with Crippen molar-refractivity contribution in [3.05, 3.63) is 29.8 Å². The van der Waals surface area contributed by atoms with Crippen LogP contribution in [0.4, 0.5) is 5.69 Å². The summed E-state index contributed by atoms with van der Waals surface area (Å²) in [4.78, 5) is 25.7. The fraction of sp³-hybridized carbons (Fsp3) is 0.500. The van der Waals surface area contributed by atoms with Crippen molar-refractivity contribution in [2.24, 2.45) is 11.7 Å². The first-order chi connectivity index (χ1) is 10.1. The number of nitrogens with one attached hydrogen (secondary N) is 1. The molecular weight excluding hydrogens is 302 g/mol. The molecule has 22 heavy (non-hydrogen) atoms. The zero-order valence-electron chi connectivity index (χ0n) is 12.9. The summed E-state index contributed by atoms with van der Waals surface area (Å²) in [5, 5.41) is 2.75. The van der Waals surface area contributed by atoms with E-state index < -0.39 is 0 Å². The van der Waals surface area contributed by atoms with E-state index in [1.165, 1.54) is 0 Å². The van der Waals surface area contributed by atoms with Gasteiger partial charge in [0.15, 0.2) is 0 Å². The van der Waals surface area contributed by atoms with Crippen LogP contribution in [0.3, 0.4) is 0 Å². The minimum Gasteiger partial charge on any atom is -0.339 e. The maximum absolute atomic E-state index is 12.4. The van der Waals surface area contributed by atoms with Crippen molar-refractivity contribution in [1.29, 1.82) is 0 Å². The molecule has 1 aromatic carbocycles. The van der Waals surface area contributed by atoms with Gasteiger partial charge in [-0.15, -0.1) is 12.4 Å². The van der Waals surface area contributed by atoms with Gasteiger partial charge in [0.1, 0.15) is 0 Å². The van der Waals surface area contributed by atoms with E-state index in [-0.39, 0.29) is 24.2 Å². The van der Waals surface area contributed by atoms with Crippen LogP contribution in [-0.2, 0) is 4.79 Å². The molecule has 5 nitrogen and oxygen atoms in total. The number of nitrogens with two attached hydrogens (primary N) is 1. The van der Waals surface area contributed by atoms with Crippen LogP contribution >= 0.6 is 12.4 Å². The minimum atomic E-state index is -0.110. The number of hydrogen-bond acceptors (Lipinski definition) is 3. The summed E-state index contributed by atoms with van der Waals surface area (Å²) in [7, 11) is 0. The van der Waals surface area contributed by atoms with Gasteiger partial charge in [0.2, 0.25) is 5.91 Å². The molecule has 1 saturated heterocycles. The second-order valence-electron chi connectivity index (χ2n) is 5.64. The van der Waals surface area contributed by atoms with E-state index >= 15 is 0 Å². The van der Waals surface area contributed by atoms with E-state index in [0.717, 1.165) is 25.9 Å². The number of piperidine rings is 1. The van der Waals surface area contributed by atoms with Crippen LogP contribution in [-0.4, -0.2) is 36.3 Å². The van der Waals surface area contributed by atoms with Crippen LogP contribution in [0, 0.1) is 5.92 Å². The Morgan fingerprint density at radius 3 is 2.36 bits per heavy atom. The molecule has 1 aliphatic rings. The van der Waals surface area contributed by atoms with Crippen molar-refractivity contribution in [1.82, 2.24) is 4.90 Å². The summed E-state index contributed by atoms with van der Waals surface area (Å²) in [6.45, 7) is 4.21. The molecule has 1 aliphatic heterocycles. The van der Waals surface area contributed by atoms with E-state index in [2.05, 4.69) is 12.2 Å². The maximum Gasteiger partial charge on any atom is 0.253 e. The zero-order valence-corrected chi connectivity index (χ0v) is 13.7. The lowest BCUT2D eigenvalue weighted by Gasteiger charge is -2.30. The van der Waals surface area contributed by atoms with Gasteiger partial charge in [-0.25, -0.2) is 0 Å². The summed E-state index contributed by atoms with van der Waals surface area (Å²) in [6, 6.07) is 7.04. The van der Waals surface area contributed by atoms with Crippen molar-refractivity contribution in [3.8, 4) is 0 Å². The number of likely N-dealkylation sites (tertiary alicyclic amines) is 1. The van der Waals surface area contributed by atoms with Gasteiger partial charge in [-0.05, 0) is 43.0 Å². The number of anilines is 1. The Morgan fingerprint density at radius 2 is 1.82 bits per heavy atom. The Labute approximate surface area is 137 Å². The number of nitrogens with zero attached hydrogens (tertiary/aromatic N) is 1. The van der Waals surface area contributed by atoms with Gasteiger partial charge in [-0.1, -0.05) is 6.92 Å². The van der Waals surface area contributed by atoms with Crippen molar-refractivity contribution in [3.63, 3.8) is 0 Å². The average Bonchev–Trinajstić information content (AvgIpc) is 2.48. The average molecular weight is 326 g/mol. The topological polar surface area (TPSA) is 75.4 Å². The SMILES string of the molecule is CC1CCN(C(=O)c2ccc(NC(=O)CCN)cc2)CC1.Cl. The van der Waals surface area contributed by atoms with Crippen LogP contribution in [0.15, 0.2) is 24.3 Å². The predicted octanol–water partition coefficient (Wildman–Crippen LogP) is 2.27. The molecule has 3 N–H and O–H groups in total. The quantitative estimate of drug-likeness (QED) is 0.891. The van der Waals surface area contributed by atoms with Crippen LogP contribution in [0.5, 0.6) is 0 Å². The van der Waals surface area contributed by atoms with Gasteiger partial charge in [-0.2, -0.15) is 0 Å². The highest BCUT2D eigenvalue weighted by Gasteiger charge is 2.21. The van der Waals surface area contributed by atoms with Gasteiger partial charge in [0.05, 0.1) is 0 Å². The van der Waals surface area contributed by atoms with Gasteiger partial charge in [0, 0.05) is 37.3 Å². The Bertz CT molecular complexity index is 497. The van der Waals surface area contributed by atoms with Gasteiger partial charge < -0.3 is 16.0 Å². The summed E-state index contributed by atoms with van der Waals surface area (Å²) < 4.78 is 0. The Kier molecular flexibility index (Phi) is 7.35. The molecule has 2 rings (SSSR count). The van der Waals surface area contributed by atoms with Crippen LogP contribution in [0.2, 0.25) is 0 Å². The number of carbonyl (C=O) groups excluding carboxylic acids is 2. The fourth-order valence-corrected chi connectivity index (χ4v) is 2.44. The van der Waals surface area contributed by atoms with E-state index in [1.807, 2.05) is 4.90 Å². The van der Waals surface area contributed by atoms with Crippen LogP contribution in [0.1, 0.15) is 36.5 Å². The molecule has 1 aromatic rings. The molecule has 6 heteroatoms. The zero-order chi connectivity index (χ0) is 15.2. The first-order valence-corrected chi connectivity index (χ1v) is 7.49. The molecule has 0 spiro atoms. The molecule has 0 radical (unpaired) electrons. The second kappa shape index (κ2) is 8.76. The molecule has 1 fully saturated rings. The van der Waals surface area contributed by atoms with Gasteiger partial charge >= 0.3 is 0 Å². The predicted molar refractivity (Wildman–Crippen MR) is 90.3 cm³/mol. The summed E-state index contributed by atoms with van der Waals surface area (Å²) in [5.41, 5.74) is 6.69. The Hall–Kier alpha value is -1.59. The van der Waals surface area contributed by atoms with Crippen LogP contribution in [0.25, 0.3) is 0 Å². The van der Waals surface area contributed by atoms with Crippen molar-refractivity contribution >= 4 is 29.9 Å². The minimum absolute atomic E-state index is 0. The van der Waals surface area contributed by atoms with Crippen LogP contribution < -0.4 is 11.1 Å². The smallest absolute Gasteiger partial charge is 0.253 e. The standard InChI is InChI=1S/C16H23N3O2.ClH/c1-12-7-10-19(11-8-12)16(21)13-2-4-14(5-3-13)18-15(20)6-9-17;/h2-5,12H,6-11,17H2,1H3,(H,18,20);1H. The van der Waals surface area contributed by atoms with Gasteiger partial charge in [-0.3, -0.25) is 9.59 Å². The summed E-state index contributed by atoms with van der Waals surface area (Å²) in [5.74, 6) is 0.664. The monoisotopic (exact) mass is 325 g/mol. The molecule has 0 saturated carbocycles. The van der Waals surface area contributed by atoms with Crippen molar-refractivity contribution in [2.45, 2.75) is 26.2 Å². The highest BCUT2D eigenvalue weighted by molar-refractivity contribution is 5.95. The van der Waals surface area contributed by atoms with E-state index in [4.69, 9.17) is 5.73 Å². The first-order valence-electron chi connectivity index (χ1n) is 7.49. The number of amides is 2. The molecule has 122 valence electrons. The number of rotatable bonds is 4. The highest BCUT2D eigenvalue weighted by Crippen LogP contribution is 2.19. The summed E-state index contributed by atoms with van der Waals surface area (Å²) >= 11 is 0. The third-order valence-corrected chi connectivity index (χ3v) is 3.86. The number of benzene rings is 1. The molecule has 0 aliphatic carbocycles. The molecular formula is C16H24ClN3O2. The molecule has 0 bridgehead atoms. The summed E-state index contributed by atoms with van der Waals surface area (Å²) in [6.07, 6.45) is 2.44. The fourth-order valence-electron chi connectivity index (χ4n) is 2.44. The van der Waals surface area contributed by atoms with Crippen molar-refractivity contribution in [2.75, 3.05) is 25.0 Å². The second-order valence-corrected chi connectivity index (χ2v) is 5.64. The van der Waals surface area contributed by atoms with E-state index in [0.29, 0.717) is 30.1 Å². The maximum atomic E-state index is 12.4. The third-order valence-electron chi connectivity index (χ3n) is 3.86. The Balaban J connectivity index is 0.00000242. The number of carbonyl (C=O) groups is 2. The molecule has 0 aromatic heterocycles. The Morgan fingerprint density at radius 1 is 1.23 bits per heavy atom. The van der Waals surface area contributed by atoms with Crippen molar-refractivity contribution < 1.29 is 9.59 Å². The number of halogens is 1. The first kappa shape index (κ1) is 18.5. The lowest BCUT2D eigenvalue weighted by atomic mass is 9.98. The molecule has 2 amide bonds. The highest BCUT2D eigenvalue weighted by atomic mass is 35.5. The number of hydrogen-bond donors (Lipinski definition) is 2. The molecule has 0 atom stereocenters. The van der Waals surface area contributed by atoms with E-state index in [1.54, 1.807) is 24.3 Å². The lowest BCUT2D eigenvalue weighted by molar-refractivity contribution is -0.116. The molecule has 0 unspecified atom stereocenters. The normalized spacial score (nSPS) is 15.1. The third kappa shape index (κ3) is 5.00. The lowest BCUT2D eigenvalue weighted by Crippen LogP contribution is -2.37. The van der Waals surface area contributed by atoms with E-state index in [9.17, 15) is 9.59 Å². The van der Waals surface area contributed by atoms with Gasteiger partial charge in [0.25, 0.3) is 5.91 Å².